The van der Waals surface area contributed by atoms with Crippen molar-refractivity contribution in [3.8, 4) is 0 Å². The van der Waals surface area contributed by atoms with Gasteiger partial charge in [0.25, 0.3) is 0 Å². The summed E-state index contributed by atoms with van der Waals surface area (Å²) in [5, 5.41) is 2.69. The molecular weight excluding hydrogens is 198 g/mol. The molecule has 2 atom stereocenters. The van der Waals surface area contributed by atoms with E-state index in [1.807, 2.05) is 0 Å². The molecule has 0 saturated heterocycles. The Morgan fingerprint density at radius 3 is 2.53 bits per heavy atom. The lowest BCUT2D eigenvalue weighted by Crippen LogP contribution is -2.46. The monoisotopic (exact) mass is 215 g/mol. The van der Waals surface area contributed by atoms with Crippen LogP contribution >= 0.6 is 0 Å². The maximum absolute atomic E-state index is 11.0. The second-order valence-corrected chi connectivity index (χ2v) is 3.67. The molecule has 1 aliphatic rings. The van der Waals surface area contributed by atoms with Crippen molar-refractivity contribution in [3.05, 3.63) is 0 Å². The van der Waals surface area contributed by atoms with Gasteiger partial charge >= 0.3 is 12.1 Å². The molecule has 1 aliphatic carbocycles. The first-order chi connectivity index (χ1) is 7.13. The first-order valence-corrected chi connectivity index (χ1v) is 5.15. The summed E-state index contributed by atoms with van der Waals surface area (Å²) in [6.07, 6.45) is 3.00. The highest BCUT2D eigenvalue weighted by Crippen LogP contribution is 2.21. The largest absolute Gasteiger partial charge is 0.460 e. The molecule has 15 heavy (non-hydrogen) atoms. The van der Waals surface area contributed by atoms with E-state index in [0.29, 0.717) is 0 Å². The normalized spacial score (nSPS) is 25.5. The first kappa shape index (κ1) is 11.8. The molecule has 0 spiro atoms. The molecule has 86 valence electrons. The fourth-order valence-corrected chi connectivity index (χ4v) is 1.83. The number of rotatable bonds is 2. The summed E-state index contributed by atoms with van der Waals surface area (Å²) in [6, 6.07) is -0.116. The van der Waals surface area contributed by atoms with Crippen LogP contribution in [-0.2, 0) is 14.3 Å². The summed E-state index contributed by atoms with van der Waals surface area (Å²) in [4.78, 5) is 21.9. The lowest BCUT2D eigenvalue weighted by atomic mass is 9.92. The van der Waals surface area contributed by atoms with Gasteiger partial charge in [0.15, 0.2) is 0 Å². The lowest BCUT2D eigenvalue weighted by Gasteiger charge is -2.30. The molecule has 0 bridgehead atoms. The van der Waals surface area contributed by atoms with Gasteiger partial charge in [-0.1, -0.05) is 6.42 Å². The standard InChI is InChI=1S/C10H17NO4/c1-7(12)15-9-6-4-3-5-8(9)11-10(13)14-2/h8-9H,3-6H2,1-2H3,(H,11,13). The van der Waals surface area contributed by atoms with Crippen LogP contribution in [0.4, 0.5) is 4.79 Å². The number of ether oxygens (including phenoxy) is 2. The highest BCUT2D eigenvalue weighted by molar-refractivity contribution is 5.68. The number of esters is 1. The highest BCUT2D eigenvalue weighted by Gasteiger charge is 2.28. The number of hydrogen-bond acceptors (Lipinski definition) is 4. The molecule has 0 aromatic rings. The fourth-order valence-electron chi connectivity index (χ4n) is 1.83. The van der Waals surface area contributed by atoms with Crippen molar-refractivity contribution in [2.24, 2.45) is 0 Å². The van der Waals surface area contributed by atoms with Crippen LogP contribution in [0.15, 0.2) is 0 Å². The molecule has 1 N–H and O–H groups in total. The molecule has 0 aromatic heterocycles. The lowest BCUT2D eigenvalue weighted by molar-refractivity contribution is -0.149. The first-order valence-electron chi connectivity index (χ1n) is 5.15. The maximum atomic E-state index is 11.0. The zero-order chi connectivity index (χ0) is 11.3. The minimum Gasteiger partial charge on any atom is -0.460 e. The van der Waals surface area contributed by atoms with E-state index in [1.54, 1.807) is 0 Å². The summed E-state index contributed by atoms with van der Waals surface area (Å²) < 4.78 is 9.66. The zero-order valence-corrected chi connectivity index (χ0v) is 9.12. The van der Waals surface area contributed by atoms with Gasteiger partial charge in [0.2, 0.25) is 0 Å². The molecule has 1 fully saturated rings. The van der Waals surface area contributed by atoms with Crippen molar-refractivity contribution in [3.63, 3.8) is 0 Å². The Labute approximate surface area is 89.1 Å². The Morgan fingerprint density at radius 1 is 1.27 bits per heavy atom. The fraction of sp³-hybridized carbons (Fsp3) is 0.800. The van der Waals surface area contributed by atoms with Crippen LogP contribution < -0.4 is 5.32 Å². The van der Waals surface area contributed by atoms with Gasteiger partial charge < -0.3 is 14.8 Å². The van der Waals surface area contributed by atoms with Crippen molar-refractivity contribution in [1.29, 1.82) is 0 Å². The number of carbonyl (C=O) groups is 2. The number of alkyl carbamates (subject to hydrolysis) is 1. The molecule has 5 heteroatoms. The van der Waals surface area contributed by atoms with E-state index < -0.39 is 6.09 Å². The SMILES string of the molecule is COC(=O)NC1CCCCC1OC(C)=O. The highest BCUT2D eigenvalue weighted by atomic mass is 16.6. The van der Waals surface area contributed by atoms with E-state index in [-0.39, 0.29) is 18.1 Å². The third-order valence-corrected chi connectivity index (χ3v) is 2.51. The maximum Gasteiger partial charge on any atom is 0.407 e. The number of methoxy groups -OCH3 is 1. The van der Waals surface area contributed by atoms with Crippen LogP contribution in [0.2, 0.25) is 0 Å². The van der Waals surface area contributed by atoms with E-state index >= 15 is 0 Å². The van der Waals surface area contributed by atoms with Crippen LogP contribution in [0.3, 0.4) is 0 Å². The third kappa shape index (κ3) is 3.77. The molecule has 0 aromatic carbocycles. The van der Waals surface area contributed by atoms with Crippen molar-refractivity contribution in [2.45, 2.75) is 44.8 Å². The Morgan fingerprint density at radius 2 is 1.93 bits per heavy atom. The Kier molecular flexibility index (Phi) is 4.39. The van der Waals surface area contributed by atoms with Crippen molar-refractivity contribution in [2.75, 3.05) is 7.11 Å². The molecule has 1 rings (SSSR count). The second kappa shape index (κ2) is 5.58. The molecule has 0 heterocycles. The third-order valence-electron chi connectivity index (χ3n) is 2.51. The van der Waals surface area contributed by atoms with E-state index in [2.05, 4.69) is 10.1 Å². The summed E-state index contributed by atoms with van der Waals surface area (Å²) in [6.45, 7) is 1.38. The number of hydrogen-bond donors (Lipinski definition) is 1. The van der Waals surface area contributed by atoms with Crippen LogP contribution in [0.5, 0.6) is 0 Å². The predicted molar refractivity (Wildman–Crippen MR) is 53.4 cm³/mol. The van der Waals surface area contributed by atoms with Crippen LogP contribution in [0.25, 0.3) is 0 Å². The summed E-state index contributed by atoms with van der Waals surface area (Å²) >= 11 is 0. The van der Waals surface area contributed by atoms with Gasteiger partial charge in [-0.15, -0.1) is 0 Å². The Hall–Kier alpha value is -1.26. The minimum absolute atomic E-state index is 0.116. The van der Waals surface area contributed by atoms with Gasteiger partial charge in [-0.25, -0.2) is 4.79 Å². The van der Waals surface area contributed by atoms with Crippen molar-refractivity contribution < 1.29 is 19.1 Å². The molecule has 5 nitrogen and oxygen atoms in total. The van der Waals surface area contributed by atoms with Gasteiger partial charge in [-0.05, 0) is 19.3 Å². The van der Waals surface area contributed by atoms with Crippen molar-refractivity contribution >= 4 is 12.1 Å². The number of nitrogens with one attached hydrogen (secondary N) is 1. The van der Waals surface area contributed by atoms with Gasteiger partial charge in [-0.2, -0.15) is 0 Å². The smallest absolute Gasteiger partial charge is 0.407 e. The quantitative estimate of drug-likeness (QED) is 0.703. The Bertz CT molecular complexity index is 242. The van der Waals surface area contributed by atoms with Gasteiger partial charge in [0.1, 0.15) is 6.10 Å². The van der Waals surface area contributed by atoms with Crippen LogP contribution in [-0.4, -0.2) is 31.3 Å². The summed E-state index contributed by atoms with van der Waals surface area (Å²) in [7, 11) is 1.32. The summed E-state index contributed by atoms with van der Waals surface area (Å²) in [5.74, 6) is -0.307. The summed E-state index contributed by atoms with van der Waals surface area (Å²) in [5.41, 5.74) is 0. The van der Waals surface area contributed by atoms with Crippen molar-refractivity contribution in [1.82, 2.24) is 5.32 Å². The Balaban J connectivity index is 2.49. The van der Waals surface area contributed by atoms with Gasteiger partial charge in [0, 0.05) is 6.92 Å². The molecule has 2 unspecified atom stereocenters. The minimum atomic E-state index is -0.473. The van der Waals surface area contributed by atoms with Crippen LogP contribution in [0.1, 0.15) is 32.6 Å². The molecule has 0 aliphatic heterocycles. The molecular formula is C10H17NO4. The average Bonchev–Trinajstić information content (AvgIpc) is 2.20. The topological polar surface area (TPSA) is 64.6 Å². The predicted octanol–water partition coefficient (Wildman–Crippen LogP) is 1.22. The van der Waals surface area contributed by atoms with E-state index in [9.17, 15) is 9.59 Å². The van der Waals surface area contributed by atoms with Crippen LogP contribution in [0, 0.1) is 0 Å². The zero-order valence-electron chi connectivity index (χ0n) is 9.12. The number of carbonyl (C=O) groups excluding carboxylic acids is 2. The van der Waals surface area contributed by atoms with E-state index in [1.165, 1.54) is 14.0 Å². The molecule has 1 amide bonds. The average molecular weight is 215 g/mol. The van der Waals surface area contributed by atoms with Gasteiger partial charge in [0.05, 0.1) is 13.2 Å². The van der Waals surface area contributed by atoms with Gasteiger partial charge in [-0.3, -0.25) is 4.79 Å². The molecule has 1 saturated carbocycles. The molecule has 0 radical (unpaired) electrons. The van der Waals surface area contributed by atoms with E-state index in [0.717, 1.165) is 25.7 Å². The van der Waals surface area contributed by atoms with E-state index in [4.69, 9.17) is 4.74 Å². The second-order valence-electron chi connectivity index (χ2n) is 3.67. The number of amides is 1.